The molecule has 1 aliphatic rings. The zero-order valence-electron chi connectivity index (χ0n) is 16.5. The second-order valence-corrected chi connectivity index (χ2v) is 6.75. The van der Waals surface area contributed by atoms with Crippen LogP contribution < -0.4 is 19.5 Å². The maximum absolute atomic E-state index is 12.6. The molecule has 2 rings (SSSR count). The SMILES string of the molecule is CCCCOc1c(OC)cc(C(=O)NCC2CCCCN2C)cc1OC. The number of piperidine rings is 1. The molecule has 146 valence electrons. The Labute approximate surface area is 156 Å². The van der Waals surface area contributed by atoms with Gasteiger partial charge in [-0.25, -0.2) is 0 Å². The Balaban J connectivity index is 2.08. The average Bonchev–Trinajstić information content (AvgIpc) is 2.67. The second-order valence-electron chi connectivity index (χ2n) is 6.75. The van der Waals surface area contributed by atoms with Gasteiger partial charge in [0.25, 0.3) is 5.91 Å². The molecule has 1 atom stereocenters. The number of unbranched alkanes of at least 4 members (excludes halogenated alkanes) is 1. The lowest BCUT2D eigenvalue weighted by Gasteiger charge is -2.32. The van der Waals surface area contributed by atoms with E-state index < -0.39 is 0 Å². The van der Waals surface area contributed by atoms with Crippen LogP contribution in [0.2, 0.25) is 0 Å². The van der Waals surface area contributed by atoms with Crippen molar-refractivity contribution in [3.8, 4) is 17.2 Å². The first kappa shape index (κ1) is 20.4. The normalized spacial score (nSPS) is 17.6. The second kappa shape index (κ2) is 10.3. The molecule has 0 aliphatic carbocycles. The van der Waals surface area contributed by atoms with Crippen LogP contribution in [-0.4, -0.2) is 57.8 Å². The van der Waals surface area contributed by atoms with Gasteiger partial charge in [0.05, 0.1) is 20.8 Å². The molecular formula is C20H32N2O4. The summed E-state index contributed by atoms with van der Waals surface area (Å²) < 4.78 is 16.7. The Kier molecular flexibility index (Phi) is 8.04. The van der Waals surface area contributed by atoms with E-state index in [1.165, 1.54) is 12.8 Å². The number of likely N-dealkylation sites (N-methyl/N-ethyl adjacent to an activating group) is 1. The van der Waals surface area contributed by atoms with Gasteiger partial charge in [-0.2, -0.15) is 0 Å². The third kappa shape index (κ3) is 5.27. The molecule has 0 bridgehead atoms. The van der Waals surface area contributed by atoms with Crippen molar-refractivity contribution < 1.29 is 19.0 Å². The molecule has 1 fully saturated rings. The van der Waals surface area contributed by atoms with Gasteiger partial charge < -0.3 is 24.4 Å². The zero-order valence-corrected chi connectivity index (χ0v) is 16.5. The van der Waals surface area contributed by atoms with Crippen LogP contribution in [0, 0.1) is 0 Å². The van der Waals surface area contributed by atoms with Gasteiger partial charge in [0.1, 0.15) is 0 Å². The first-order valence-electron chi connectivity index (χ1n) is 9.48. The van der Waals surface area contributed by atoms with E-state index in [9.17, 15) is 4.79 Å². The Morgan fingerprint density at radius 3 is 2.50 bits per heavy atom. The summed E-state index contributed by atoms with van der Waals surface area (Å²) >= 11 is 0. The molecule has 26 heavy (non-hydrogen) atoms. The van der Waals surface area contributed by atoms with Crippen molar-refractivity contribution in [2.45, 2.75) is 45.1 Å². The third-order valence-electron chi connectivity index (χ3n) is 4.89. The summed E-state index contributed by atoms with van der Waals surface area (Å²) in [6, 6.07) is 3.82. The molecule has 6 nitrogen and oxygen atoms in total. The van der Waals surface area contributed by atoms with Gasteiger partial charge in [-0.05, 0) is 45.0 Å². The number of rotatable bonds is 9. The number of nitrogens with zero attached hydrogens (tertiary/aromatic N) is 1. The van der Waals surface area contributed by atoms with Gasteiger partial charge >= 0.3 is 0 Å². The van der Waals surface area contributed by atoms with E-state index in [4.69, 9.17) is 14.2 Å². The van der Waals surface area contributed by atoms with Crippen LogP contribution in [0.1, 0.15) is 49.4 Å². The van der Waals surface area contributed by atoms with Crippen molar-refractivity contribution in [3.63, 3.8) is 0 Å². The number of benzene rings is 1. The van der Waals surface area contributed by atoms with Crippen LogP contribution in [0.15, 0.2) is 12.1 Å². The predicted molar refractivity (Wildman–Crippen MR) is 103 cm³/mol. The van der Waals surface area contributed by atoms with Crippen molar-refractivity contribution in [1.29, 1.82) is 0 Å². The molecule has 1 amide bonds. The Morgan fingerprint density at radius 1 is 1.23 bits per heavy atom. The van der Waals surface area contributed by atoms with Crippen LogP contribution in [0.25, 0.3) is 0 Å². The number of hydrogen-bond acceptors (Lipinski definition) is 5. The highest BCUT2D eigenvalue weighted by Gasteiger charge is 2.21. The topological polar surface area (TPSA) is 60.0 Å². The molecular weight excluding hydrogens is 332 g/mol. The first-order valence-corrected chi connectivity index (χ1v) is 9.48. The summed E-state index contributed by atoms with van der Waals surface area (Å²) in [7, 11) is 5.25. The van der Waals surface area contributed by atoms with Crippen LogP contribution in [0.3, 0.4) is 0 Å². The van der Waals surface area contributed by atoms with Crippen LogP contribution in [0.4, 0.5) is 0 Å². The molecule has 1 aliphatic heterocycles. The largest absolute Gasteiger partial charge is 0.493 e. The molecule has 1 heterocycles. The molecule has 0 spiro atoms. The number of hydrogen-bond donors (Lipinski definition) is 1. The van der Waals surface area contributed by atoms with Crippen LogP contribution in [0.5, 0.6) is 17.2 Å². The predicted octanol–water partition coefficient (Wildman–Crippen LogP) is 3.10. The molecule has 1 N–H and O–H groups in total. The fourth-order valence-corrected chi connectivity index (χ4v) is 3.19. The maximum atomic E-state index is 12.6. The molecule has 0 saturated carbocycles. The number of nitrogens with one attached hydrogen (secondary N) is 1. The number of methoxy groups -OCH3 is 2. The van der Waals surface area contributed by atoms with E-state index in [0.717, 1.165) is 25.8 Å². The summed E-state index contributed by atoms with van der Waals surface area (Å²) in [5, 5.41) is 3.04. The first-order chi connectivity index (χ1) is 12.6. The number of amides is 1. The van der Waals surface area contributed by atoms with Crippen molar-refractivity contribution in [2.75, 3.05) is 41.0 Å². The Bertz CT molecular complexity index is 566. The standard InChI is InChI=1S/C20H32N2O4/c1-5-6-11-26-19-17(24-3)12-15(13-18(19)25-4)20(23)21-14-16-9-7-8-10-22(16)2/h12-13,16H,5-11,14H2,1-4H3,(H,21,23). The minimum atomic E-state index is -0.124. The monoisotopic (exact) mass is 364 g/mol. The molecule has 1 unspecified atom stereocenters. The highest BCUT2D eigenvalue weighted by atomic mass is 16.5. The maximum Gasteiger partial charge on any atom is 0.251 e. The van der Waals surface area contributed by atoms with Gasteiger partial charge in [-0.3, -0.25) is 4.79 Å². The minimum absolute atomic E-state index is 0.124. The highest BCUT2D eigenvalue weighted by Crippen LogP contribution is 2.38. The number of ether oxygens (including phenoxy) is 3. The summed E-state index contributed by atoms with van der Waals surface area (Å²) in [5.41, 5.74) is 0.514. The number of carbonyl (C=O) groups is 1. The van der Waals surface area contributed by atoms with Crippen LogP contribution >= 0.6 is 0 Å². The fraction of sp³-hybridized carbons (Fsp3) is 0.650. The smallest absolute Gasteiger partial charge is 0.251 e. The van der Waals surface area contributed by atoms with Gasteiger partial charge in [0, 0.05) is 18.2 Å². The van der Waals surface area contributed by atoms with E-state index >= 15 is 0 Å². The molecule has 0 radical (unpaired) electrons. The lowest BCUT2D eigenvalue weighted by molar-refractivity contribution is 0.0927. The van der Waals surface area contributed by atoms with E-state index in [1.807, 2.05) is 0 Å². The summed E-state index contributed by atoms with van der Waals surface area (Å²) in [5.74, 6) is 1.45. The average molecular weight is 364 g/mol. The zero-order chi connectivity index (χ0) is 18.9. The Morgan fingerprint density at radius 2 is 1.92 bits per heavy atom. The lowest BCUT2D eigenvalue weighted by Crippen LogP contribution is -2.44. The lowest BCUT2D eigenvalue weighted by atomic mass is 10.0. The molecule has 1 aromatic carbocycles. The molecule has 0 aromatic heterocycles. The quantitative estimate of drug-likeness (QED) is 0.682. The fourth-order valence-electron chi connectivity index (χ4n) is 3.19. The van der Waals surface area contributed by atoms with E-state index in [2.05, 4.69) is 24.2 Å². The summed E-state index contributed by atoms with van der Waals surface area (Å²) in [4.78, 5) is 14.9. The summed E-state index contributed by atoms with van der Waals surface area (Å²) in [6.07, 6.45) is 5.56. The van der Waals surface area contributed by atoms with Gasteiger partial charge in [-0.1, -0.05) is 19.8 Å². The number of carbonyl (C=O) groups excluding carboxylic acids is 1. The van der Waals surface area contributed by atoms with Gasteiger partial charge in [0.15, 0.2) is 11.5 Å². The highest BCUT2D eigenvalue weighted by molar-refractivity contribution is 5.95. The van der Waals surface area contributed by atoms with E-state index in [-0.39, 0.29) is 5.91 Å². The van der Waals surface area contributed by atoms with Crippen molar-refractivity contribution in [3.05, 3.63) is 17.7 Å². The molecule has 1 aromatic rings. The van der Waals surface area contributed by atoms with Crippen molar-refractivity contribution in [2.24, 2.45) is 0 Å². The minimum Gasteiger partial charge on any atom is -0.493 e. The number of likely N-dealkylation sites (tertiary alicyclic amines) is 1. The summed E-state index contributed by atoms with van der Waals surface area (Å²) in [6.45, 7) is 4.43. The van der Waals surface area contributed by atoms with Gasteiger partial charge in [0.2, 0.25) is 5.75 Å². The van der Waals surface area contributed by atoms with Crippen molar-refractivity contribution in [1.82, 2.24) is 10.2 Å². The van der Waals surface area contributed by atoms with E-state index in [0.29, 0.717) is 42.0 Å². The Hall–Kier alpha value is -1.95. The molecule has 6 heteroatoms. The molecule has 1 saturated heterocycles. The van der Waals surface area contributed by atoms with Gasteiger partial charge in [-0.15, -0.1) is 0 Å². The third-order valence-corrected chi connectivity index (χ3v) is 4.89. The van der Waals surface area contributed by atoms with Crippen LogP contribution in [-0.2, 0) is 0 Å². The van der Waals surface area contributed by atoms with E-state index in [1.54, 1.807) is 26.4 Å². The van der Waals surface area contributed by atoms with Crippen molar-refractivity contribution >= 4 is 5.91 Å².